The van der Waals surface area contributed by atoms with Crippen LogP contribution in [0.2, 0.25) is 0 Å². The third kappa shape index (κ3) is 4.04. The highest BCUT2D eigenvalue weighted by molar-refractivity contribution is 14.1. The Balaban J connectivity index is 2.06. The number of nitrogens with one attached hydrogen (secondary N) is 1. The number of halogens is 1. The summed E-state index contributed by atoms with van der Waals surface area (Å²) in [5.74, 6) is 0.504. The molecule has 0 aliphatic heterocycles. The van der Waals surface area contributed by atoms with E-state index in [2.05, 4.69) is 53.9 Å². The van der Waals surface area contributed by atoms with Gasteiger partial charge in [-0.15, -0.1) is 0 Å². The summed E-state index contributed by atoms with van der Waals surface area (Å²) in [6.07, 6.45) is 3.16. The first-order chi connectivity index (χ1) is 9.37. The van der Waals surface area contributed by atoms with Gasteiger partial charge in [0, 0.05) is 9.28 Å². The predicted molar refractivity (Wildman–Crippen MR) is 90.9 cm³/mol. The van der Waals surface area contributed by atoms with Crippen LogP contribution in [0.3, 0.4) is 0 Å². The van der Waals surface area contributed by atoms with Gasteiger partial charge in [0.25, 0.3) is 5.91 Å². The van der Waals surface area contributed by atoms with E-state index >= 15 is 0 Å². The molecule has 0 saturated heterocycles. The fourth-order valence-electron chi connectivity index (χ4n) is 3.04. The summed E-state index contributed by atoms with van der Waals surface area (Å²) in [5, 5.41) is 4.36. The quantitative estimate of drug-likeness (QED) is 0.602. The molecule has 1 fully saturated rings. The largest absolute Gasteiger partial charge is 0.272 e. The van der Waals surface area contributed by atoms with Gasteiger partial charge in [0.15, 0.2) is 0 Å². The van der Waals surface area contributed by atoms with Crippen LogP contribution in [0.25, 0.3) is 0 Å². The summed E-state index contributed by atoms with van der Waals surface area (Å²) in [6, 6.07) is 7.55. The Kier molecular flexibility index (Phi) is 4.83. The second-order valence-electron chi connectivity index (χ2n) is 6.45. The van der Waals surface area contributed by atoms with Crippen molar-refractivity contribution in [2.45, 2.75) is 40.0 Å². The third-order valence-electron chi connectivity index (χ3n) is 3.60. The van der Waals surface area contributed by atoms with E-state index in [1.165, 1.54) is 6.42 Å². The number of carbonyl (C=O) groups is 1. The highest BCUT2D eigenvalue weighted by Crippen LogP contribution is 2.36. The summed E-state index contributed by atoms with van der Waals surface area (Å²) < 4.78 is 0.945. The maximum atomic E-state index is 12.1. The number of hydrogen-bond acceptors (Lipinski definition) is 2. The molecule has 0 heterocycles. The van der Waals surface area contributed by atoms with Crippen molar-refractivity contribution in [3.63, 3.8) is 0 Å². The van der Waals surface area contributed by atoms with E-state index < -0.39 is 0 Å². The van der Waals surface area contributed by atoms with Gasteiger partial charge in [0.1, 0.15) is 0 Å². The first-order valence-corrected chi connectivity index (χ1v) is 8.05. The number of rotatable bonds is 2. The summed E-state index contributed by atoms with van der Waals surface area (Å²) in [6.45, 7) is 6.78. The summed E-state index contributed by atoms with van der Waals surface area (Å²) in [4.78, 5) is 12.1. The zero-order valence-corrected chi connectivity index (χ0v) is 14.4. The van der Waals surface area contributed by atoms with Gasteiger partial charge in [-0.25, -0.2) is 5.43 Å². The topological polar surface area (TPSA) is 41.5 Å². The van der Waals surface area contributed by atoms with Crippen molar-refractivity contribution < 1.29 is 4.79 Å². The van der Waals surface area contributed by atoms with Crippen LogP contribution in [0.1, 0.15) is 50.4 Å². The minimum Gasteiger partial charge on any atom is -0.267 e. The number of benzene rings is 1. The van der Waals surface area contributed by atoms with Crippen molar-refractivity contribution in [1.29, 1.82) is 0 Å². The highest BCUT2D eigenvalue weighted by Gasteiger charge is 2.29. The van der Waals surface area contributed by atoms with Crippen molar-refractivity contribution in [3.8, 4) is 0 Å². The van der Waals surface area contributed by atoms with E-state index in [9.17, 15) is 4.79 Å². The molecule has 4 heteroatoms. The Morgan fingerprint density at radius 3 is 2.75 bits per heavy atom. The van der Waals surface area contributed by atoms with Gasteiger partial charge in [-0.3, -0.25) is 4.79 Å². The van der Waals surface area contributed by atoms with Crippen molar-refractivity contribution in [2.24, 2.45) is 16.4 Å². The average Bonchev–Trinajstić information content (AvgIpc) is 2.34. The van der Waals surface area contributed by atoms with E-state index in [0.29, 0.717) is 11.5 Å². The smallest absolute Gasteiger partial charge is 0.267 e. The lowest BCUT2D eigenvalue weighted by Crippen LogP contribution is -2.30. The summed E-state index contributed by atoms with van der Waals surface area (Å²) in [5.41, 5.74) is 4.78. The molecule has 1 aromatic carbocycles. The number of amides is 1. The van der Waals surface area contributed by atoms with E-state index in [1.54, 1.807) is 0 Å². The second-order valence-corrected chi connectivity index (χ2v) is 7.62. The molecule has 1 N–H and O–H groups in total. The second kappa shape index (κ2) is 6.24. The minimum atomic E-state index is -0.126. The van der Waals surface area contributed by atoms with Gasteiger partial charge in [0.05, 0.1) is 5.56 Å². The Bertz CT molecular complexity index is 537. The predicted octanol–water partition coefficient (Wildman–Crippen LogP) is 4.22. The van der Waals surface area contributed by atoms with Crippen LogP contribution in [0, 0.1) is 14.9 Å². The molecule has 1 unspecified atom stereocenters. The number of hydrogen-bond donors (Lipinski definition) is 1. The van der Waals surface area contributed by atoms with Crippen LogP contribution < -0.4 is 5.43 Å². The van der Waals surface area contributed by atoms with Crippen LogP contribution in [0.4, 0.5) is 0 Å². The molecule has 1 saturated carbocycles. The lowest BCUT2D eigenvalue weighted by atomic mass is 9.72. The lowest BCUT2D eigenvalue weighted by Gasteiger charge is -2.34. The summed E-state index contributed by atoms with van der Waals surface area (Å²) in [7, 11) is 0. The molecule has 2 rings (SSSR count). The number of hydrazone groups is 1. The molecule has 3 nitrogen and oxygen atoms in total. The van der Waals surface area contributed by atoms with Gasteiger partial charge in [-0.2, -0.15) is 5.10 Å². The average molecular weight is 384 g/mol. The van der Waals surface area contributed by atoms with Crippen LogP contribution in [-0.4, -0.2) is 11.6 Å². The van der Waals surface area contributed by atoms with E-state index in [0.717, 1.165) is 22.1 Å². The molecule has 1 atom stereocenters. The van der Waals surface area contributed by atoms with Crippen LogP contribution in [0.5, 0.6) is 0 Å². The third-order valence-corrected chi connectivity index (χ3v) is 4.54. The van der Waals surface area contributed by atoms with Gasteiger partial charge < -0.3 is 0 Å². The Morgan fingerprint density at radius 2 is 2.10 bits per heavy atom. The molecular weight excluding hydrogens is 363 g/mol. The normalized spacial score (nSPS) is 23.6. The molecule has 1 aliphatic carbocycles. The SMILES string of the molecule is CC1C/C(=N\NC(=O)c2ccccc2I)CC(C)(C)C1. The molecule has 0 radical (unpaired) electrons. The van der Waals surface area contributed by atoms with Crippen LogP contribution in [-0.2, 0) is 0 Å². The minimum absolute atomic E-state index is 0.126. The van der Waals surface area contributed by atoms with Crippen molar-refractivity contribution in [1.82, 2.24) is 5.43 Å². The monoisotopic (exact) mass is 384 g/mol. The Morgan fingerprint density at radius 1 is 1.40 bits per heavy atom. The van der Waals surface area contributed by atoms with E-state index in [4.69, 9.17) is 0 Å². The van der Waals surface area contributed by atoms with E-state index in [-0.39, 0.29) is 11.3 Å². The van der Waals surface area contributed by atoms with Crippen molar-refractivity contribution in [2.75, 3.05) is 0 Å². The van der Waals surface area contributed by atoms with Crippen LogP contribution >= 0.6 is 22.6 Å². The summed E-state index contributed by atoms with van der Waals surface area (Å²) >= 11 is 2.17. The molecule has 1 aromatic rings. The van der Waals surface area contributed by atoms with Gasteiger partial charge >= 0.3 is 0 Å². The van der Waals surface area contributed by atoms with E-state index in [1.807, 2.05) is 24.3 Å². The maximum absolute atomic E-state index is 12.1. The van der Waals surface area contributed by atoms with Gasteiger partial charge in [0.2, 0.25) is 0 Å². The van der Waals surface area contributed by atoms with Crippen molar-refractivity contribution in [3.05, 3.63) is 33.4 Å². The Labute approximate surface area is 134 Å². The lowest BCUT2D eigenvalue weighted by molar-refractivity contribution is 0.0953. The fourth-order valence-corrected chi connectivity index (χ4v) is 3.67. The zero-order valence-electron chi connectivity index (χ0n) is 12.2. The number of carbonyl (C=O) groups excluding carboxylic acids is 1. The Hall–Kier alpha value is -0.910. The molecular formula is C16H21IN2O. The fraction of sp³-hybridized carbons (Fsp3) is 0.500. The first-order valence-electron chi connectivity index (χ1n) is 6.98. The zero-order chi connectivity index (χ0) is 14.8. The molecule has 0 spiro atoms. The maximum Gasteiger partial charge on any atom is 0.272 e. The standard InChI is InChI=1S/C16H21IN2O/c1-11-8-12(10-16(2,3)9-11)18-19-15(20)13-6-4-5-7-14(13)17/h4-7,11H,8-10H2,1-3H3,(H,19,20)/b18-12+. The van der Waals surface area contributed by atoms with Crippen LogP contribution in [0.15, 0.2) is 29.4 Å². The highest BCUT2D eigenvalue weighted by atomic mass is 127. The van der Waals surface area contributed by atoms with Gasteiger partial charge in [-0.05, 0) is 65.3 Å². The molecule has 0 aromatic heterocycles. The molecule has 1 amide bonds. The van der Waals surface area contributed by atoms with Crippen molar-refractivity contribution >= 4 is 34.2 Å². The molecule has 0 bridgehead atoms. The molecule has 20 heavy (non-hydrogen) atoms. The molecule has 1 aliphatic rings. The first kappa shape index (κ1) is 15.5. The molecule has 108 valence electrons. The van der Waals surface area contributed by atoms with Gasteiger partial charge in [-0.1, -0.05) is 32.9 Å². The number of nitrogens with zero attached hydrogens (tertiary/aromatic N) is 1.